The molecule has 1 aliphatic heterocycles. The van der Waals surface area contributed by atoms with E-state index in [1.54, 1.807) is 36.4 Å². The average molecular weight is 372 g/mol. The Labute approximate surface area is 152 Å². The minimum atomic E-state index is -4.23. The van der Waals surface area contributed by atoms with Crippen molar-refractivity contribution >= 4 is 20.9 Å². The Bertz CT molecular complexity index is 930. The van der Waals surface area contributed by atoms with E-state index in [0.29, 0.717) is 29.0 Å². The van der Waals surface area contributed by atoms with Crippen LogP contribution in [0.3, 0.4) is 0 Å². The summed E-state index contributed by atoms with van der Waals surface area (Å²) >= 11 is 0. The van der Waals surface area contributed by atoms with Crippen molar-refractivity contribution in [3.63, 3.8) is 0 Å². The lowest BCUT2D eigenvalue weighted by atomic mass is 9.96. The number of amides is 1. The topological polar surface area (TPSA) is 106 Å². The fourth-order valence-electron chi connectivity index (χ4n) is 3.15. The number of rotatable bonds is 5. The van der Waals surface area contributed by atoms with Crippen molar-refractivity contribution in [1.82, 2.24) is 5.32 Å². The van der Waals surface area contributed by atoms with Crippen molar-refractivity contribution in [2.24, 2.45) is 11.7 Å². The predicted molar refractivity (Wildman–Crippen MR) is 98.6 cm³/mol. The number of Topliss-reactive ketones (excluding diaryl/α,β-unsaturated/α-hetero) is 1. The number of ketones is 1. The molecule has 0 bridgehead atoms. The minimum absolute atomic E-state index is 0.0725. The molecule has 7 heteroatoms. The third-order valence-corrected chi connectivity index (χ3v) is 6.06. The molecule has 1 saturated heterocycles. The summed E-state index contributed by atoms with van der Waals surface area (Å²) in [4.78, 5) is 23.5. The zero-order chi connectivity index (χ0) is 18.7. The molecule has 0 saturated carbocycles. The van der Waals surface area contributed by atoms with Crippen LogP contribution in [0.5, 0.6) is 0 Å². The van der Waals surface area contributed by atoms with Crippen LogP contribution in [0, 0.1) is 5.92 Å². The summed E-state index contributed by atoms with van der Waals surface area (Å²) in [6, 6.07) is 12.9. The third kappa shape index (κ3) is 3.68. The lowest BCUT2D eigenvalue weighted by molar-refractivity contribution is 0.0964. The molecule has 1 unspecified atom stereocenters. The van der Waals surface area contributed by atoms with E-state index in [0.717, 1.165) is 19.5 Å². The highest BCUT2D eigenvalue weighted by molar-refractivity contribution is 8.06. The Morgan fingerprint density at radius 3 is 2.38 bits per heavy atom. The largest absolute Gasteiger partial charge is 0.356 e. The summed E-state index contributed by atoms with van der Waals surface area (Å²) in [7, 11) is -4.23. The first-order chi connectivity index (χ1) is 12.4. The molecule has 1 fully saturated rings. The smallest absolute Gasteiger partial charge is 0.338 e. The van der Waals surface area contributed by atoms with Crippen molar-refractivity contribution < 1.29 is 18.0 Å². The zero-order valence-corrected chi connectivity index (χ0v) is 15.0. The number of nitrogens with two attached hydrogens (primary N) is 1. The highest BCUT2D eigenvalue weighted by Gasteiger charge is 2.25. The van der Waals surface area contributed by atoms with E-state index in [2.05, 4.69) is 5.32 Å². The fraction of sp³-hybridized carbons (Fsp3) is 0.263. The fourth-order valence-corrected chi connectivity index (χ4v) is 4.10. The average Bonchev–Trinajstić information content (AvgIpc) is 3.14. The highest BCUT2D eigenvalue weighted by Crippen LogP contribution is 2.28. The predicted octanol–water partition coefficient (Wildman–Crippen LogP) is 2.39. The van der Waals surface area contributed by atoms with Gasteiger partial charge in [-0.25, -0.2) is 8.42 Å². The summed E-state index contributed by atoms with van der Waals surface area (Å²) in [6.45, 7) is 1.81. The molecule has 2 aromatic carbocycles. The molecule has 0 radical (unpaired) electrons. The molecule has 0 aromatic heterocycles. The van der Waals surface area contributed by atoms with Gasteiger partial charge in [-0.05, 0) is 37.1 Å². The van der Waals surface area contributed by atoms with Gasteiger partial charge in [0, 0.05) is 17.5 Å². The molecule has 0 spiro atoms. The second kappa shape index (κ2) is 7.39. The van der Waals surface area contributed by atoms with Gasteiger partial charge in [-0.3, -0.25) is 9.59 Å². The molecule has 1 atom stereocenters. The van der Waals surface area contributed by atoms with Crippen LogP contribution in [0.1, 0.15) is 23.2 Å². The molecule has 3 rings (SSSR count). The van der Waals surface area contributed by atoms with Gasteiger partial charge in [-0.15, -0.1) is 0 Å². The van der Waals surface area contributed by atoms with Crippen LogP contribution < -0.4 is 11.1 Å². The van der Waals surface area contributed by atoms with Gasteiger partial charge in [0.25, 0.3) is 9.84 Å². The molecular weight excluding hydrogens is 352 g/mol. The van der Waals surface area contributed by atoms with Gasteiger partial charge in [0.1, 0.15) is 0 Å². The molecule has 1 aliphatic rings. The van der Waals surface area contributed by atoms with E-state index in [1.807, 2.05) is 0 Å². The molecule has 1 heterocycles. The Hall–Kier alpha value is -2.51. The molecule has 0 aliphatic carbocycles. The van der Waals surface area contributed by atoms with Gasteiger partial charge >= 0.3 is 5.24 Å². The van der Waals surface area contributed by atoms with Crippen LogP contribution in [0.2, 0.25) is 0 Å². The van der Waals surface area contributed by atoms with Crippen LogP contribution in [-0.4, -0.2) is 32.5 Å². The minimum Gasteiger partial charge on any atom is -0.356 e. The van der Waals surface area contributed by atoms with E-state index >= 15 is 0 Å². The molecule has 1 amide bonds. The normalized spacial score (nSPS) is 17.2. The number of benzene rings is 2. The van der Waals surface area contributed by atoms with Crippen LogP contribution in [-0.2, 0) is 9.84 Å². The first kappa shape index (κ1) is 18.3. The molecule has 136 valence electrons. The van der Waals surface area contributed by atoms with Gasteiger partial charge in [-0.1, -0.05) is 42.5 Å². The molecule has 26 heavy (non-hydrogen) atoms. The zero-order valence-electron chi connectivity index (χ0n) is 14.1. The number of primary amides is 1. The van der Waals surface area contributed by atoms with Crippen LogP contribution >= 0.6 is 0 Å². The van der Waals surface area contributed by atoms with Crippen LogP contribution in [0.4, 0.5) is 4.79 Å². The highest BCUT2D eigenvalue weighted by atomic mass is 32.2. The number of carbonyl (C=O) groups excluding carboxylic acids is 2. The van der Waals surface area contributed by atoms with Crippen LogP contribution in [0.25, 0.3) is 11.1 Å². The van der Waals surface area contributed by atoms with Crippen molar-refractivity contribution in [3.05, 3.63) is 54.1 Å². The van der Waals surface area contributed by atoms with Crippen LogP contribution in [0.15, 0.2) is 53.4 Å². The summed E-state index contributed by atoms with van der Waals surface area (Å²) in [5.74, 6) is 0.437. The van der Waals surface area contributed by atoms with E-state index in [4.69, 9.17) is 5.73 Å². The molecule has 6 nitrogen and oxygen atoms in total. The van der Waals surface area contributed by atoms with E-state index < -0.39 is 15.1 Å². The first-order valence-corrected chi connectivity index (χ1v) is 9.86. The van der Waals surface area contributed by atoms with Crippen molar-refractivity contribution in [2.45, 2.75) is 17.7 Å². The van der Waals surface area contributed by atoms with Gasteiger partial charge in [0.2, 0.25) is 0 Å². The van der Waals surface area contributed by atoms with Crippen molar-refractivity contribution in [1.29, 1.82) is 0 Å². The van der Waals surface area contributed by atoms with Gasteiger partial charge in [0.15, 0.2) is 5.78 Å². The number of hydrogen-bond donors (Lipinski definition) is 2. The maximum atomic E-state index is 12.4. The monoisotopic (exact) mass is 372 g/mol. The molecule has 2 aromatic rings. The number of sulfone groups is 1. The van der Waals surface area contributed by atoms with Gasteiger partial charge in [0.05, 0.1) is 4.90 Å². The molecule has 3 N–H and O–H groups in total. The summed E-state index contributed by atoms with van der Waals surface area (Å²) < 4.78 is 24.3. The summed E-state index contributed by atoms with van der Waals surface area (Å²) in [6.07, 6.45) is 1.50. The van der Waals surface area contributed by atoms with E-state index in [1.165, 1.54) is 12.1 Å². The SMILES string of the molecule is NC(=O)S(=O)(=O)c1ccccc1-c1ccc(C(=O)CC2CCNC2)cc1. The Balaban J connectivity index is 1.88. The lowest BCUT2D eigenvalue weighted by Crippen LogP contribution is -2.22. The second-order valence-corrected chi connectivity index (χ2v) is 8.23. The first-order valence-electron chi connectivity index (χ1n) is 8.37. The number of nitrogens with one attached hydrogen (secondary N) is 1. The standard InChI is InChI=1S/C19H20N2O4S/c20-19(23)26(24,25)18-4-2-1-3-16(18)14-5-7-15(8-6-14)17(22)11-13-9-10-21-12-13/h1-8,13,21H,9-12H2,(H2,20,23). The maximum Gasteiger partial charge on any atom is 0.338 e. The number of carbonyl (C=O) groups is 2. The molecular formula is C19H20N2O4S. The summed E-state index contributed by atoms with van der Waals surface area (Å²) in [5.41, 5.74) is 6.59. The lowest BCUT2D eigenvalue weighted by Gasteiger charge is -2.10. The van der Waals surface area contributed by atoms with Crippen molar-refractivity contribution in [2.75, 3.05) is 13.1 Å². The number of hydrogen-bond acceptors (Lipinski definition) is 5. The van der Waals surface area contributed by atoms with Gasteiger partial charge in [-0.2, -0.15) is 0 Å². The Morgan fingerprint density at radius 1 is 1.08 bits per heavy atom. The van der Waals surface area contributed by atoms with E-state index in [-0.39, 0.29) is 10.7 Å². The summed E-state index contributed by atoms with van der Waals surface area (Å²) in [5, 5.41) is 1.86. The van der Waals surface area contributed by atoms with Crippen molar-refractivity contribution in [3.8, 4) is 11.1 Å². The van der Waals surface area contributed by atoms with Gasteiger partial charge < -0.3 is 11.1 Å². The third-order valence-electron chi connectivity index (χ3n) is 4.60. The maximum absolute atomic E-state index is 12.4. The Morgan fingerprint density at radius 2 is 1.77 bits per heavy atom. The Kier molecular flexibility index (Phi) is 5.20. The van der Waals surface area contributed by atoms with E-state index in [9.17, 15) is 18.0 Å². The quantitative estimate of drug-likeness (QED) is 0.784. The second-order valence-electron chi connectivity index (χ2n) is 6.38.